The zero-order valence-electron chi connectivity index (χ0n) is 20.1. The Kier molecular flexibility index (Phi) is 10.2. The van der Waals surface area contributed by atoms with Gasteiger partial charge < -0.3 is 19.7 Å². The van der Waals surface area contributed by atoms with Crippen molar-refractivity contribution < 1.29 is 19.1 Å². The van der Waals surface area contributed by atoms with Crippen molar-refractivity contribution >= 4 is 27.7 Å². The molecule has 0 aliphatic rings. The third-order valence-corrected chi connectivity index (χ3v) is 6.04. The van der Waals surface area contributed by atoms with Crippen molar-refractivity contribution in [3.63, 3.8) is 0 Å². The summed E-state index contributed by atoms with van der Waals surface area (Å²) in [6, 6.07) is 23.9. The van der Waals surface area contributed by atoms with E-state index in [1.54, 1.807) is 24.1 Å². The van der Waals surface area contributed by atoms with Crippen LogP contribution in [0.1, 0.15) is 24.5 Å². The number of halogens is 1. The molecule has 0 aromatic heterocycles. The summed E-state index contributed by atoms with van der Waals surface area (Å²) in [7, 11) is 1.55. The molecule has 0 saturated carbocycles. The van der Waals surface area contributed by atoms with E-state index in [0.717, 1.165) is 22.0 Å². The molecule has 0 radical (unpaired) electrons. The molecule has 0 aliphatic heterocycles. The van der Waals surface area contributed by atoms with Gasteiger partial charge in [-0.1, -0.05) is 77.5 Å². The standard InChI is InChI=1S/C28H31BrN2O4/c1-3-17-30-28(33)24(18-21-9-5-4-6-10-21)31(19-22-13-15-23(29)16-14-22)27(32)20-35-26-12-8-7-11-25(26)34-2/h4-16,24H,3,17-20H2,1-2H3,(H,30,33). The largest absolute Gasteiger partial charge is 0.493 e. The zero-order valence-corrected chi connectivity index (χ0v) is 21.7. The van der Waals surface area contributed by atoms with Gasteiger partial charge in [-0.05, 0) is 41.8 Å². The molecule has 1 N–H and O–H groups in total. The predicted molar refractivity (Wildman–Crippen MR) is 140 cm³/mol. The predicted octanol–water partition coefficient (Wildman–Crippen LogP) is 5.00. The Balaban J connectivity index is 1.89. The summed E-state index contributed by atoms with van der Waals surface area (Å²) >= 11 is 3.45. The van der Waals surface area contributed by atoms with Crippen molar-refractivity contribution in [2.24, 2.45) is 0 Å². The van der Waals surface area contributed by atoms with Crippen LogP contribution in [0.3, 0.4) is 0 Å². The third kappa shape index (κ3) is 7.86. The van der Waals surface area contributed by atoms with E-state index in [-0.39, 0.29) is 25.0 Å². The molecule has 0 spiro atoms. The Morgan fingerprint density at radius 3 is 2.23 bits per heavy atom. The molecule has 1 atom stereocenters. The highest BCUT2D eigenvalue weighted by molar-refractivity contribution is 9.10. The molecule has 0 heterocycles. The smallest absolute Gasteiger partial charge is 0.261 e. The van der Waals surface area contributed by atoms with Gasteiger partial charge in [0.15, 0.2) is 18.1 Å². The van der Waals surface area contributed by atoms with Crippen LogP contribution >= 0.6 is 15.9 Å². The van der Waals surface area contributed by atoms with Crippen molar-refractivity contribution in [2.45, 2.75) is 32.4 Å². The minimum atomic E-state index is -0.693. The van der Waals surface area contributed by atoms with Crippen molar-refractivity contribution in [1.29, 1.82) is 0 Å². The van der Waals surface area contributed by atoms with Crippen LogP contribution in [0, 0.1) is 0 Å². The molecule has 184 valence electrons. The molecular weight excluding hydrogens is 508 g/mol. The molecule has 35 heavy (non-hydrogen) atoms. The minimum Gasteiger partial charge on any atom is -0.493 e. The fourth-order valence-corrected chi connectivity index (χ4v) is 3.93. The Labute approximate surface area is 215 Å². The van der Waals surface area contributed by atoms with Crippen LogP contribution in [0.15, 0.2) is 83.3 Å². The number of rotatable bonds is 12. The molecule has 3 aromatic rings. The molecule has 0 aliphatic carbocycles. The van der Waals surface area contributed by atoms with E-state index in [1.807, 2.05) is 73.7 Å². The summed E-state index contributed by atoms with van der Waals surface area (Å²) in [5.41, 5.74) is 1.89. The van der Waals surface area contributed by atoms with Crippen LogP contribution in [0.5, 0.6) is 11.5 Å². The van der Waals surface area contributed by atoms with Crippen molar-refractivity contribution in [2.75, 3.05) is 20.3 Å². The fraction of sp³-hybridized carbons (Fsp3) is 0.286. The first-order chi connectivity index (χ1) is 17.0. The van der Waals surface area contributed by atoms with E-state index >= 15 is 0 Å². The Hall–Kier alpha value is -3.32. The molecule has 3 aromatic carbocycles. The molecule has 6 nitrogen and oxygen atoms in total. The van der Waals surface area contributed by atoms with E-state index in [4.69, 9.17) is 9.47 Å². The maximum Gasteiger partial charge on any atom is 0.261 e. The lowest BCUT2D eigenvalue weighted by Crippen LogP contribution is -2.51. The minimum absolute atomic E-state index is 0.182. The molecule has 0 fully saturated rings. The van der Waals surface area contributed by atoms with Crippen LogP contribution in [0.2, 0.25) is 0 Å². The lowest BCUT2D eigenvalue weighted by atomic mass is 10.0. The number of hydrogen-bond donors (Lipinski definition) is 1. The van der Waals surface area contributed by atoms with Crippen molar-refractivity contribution in [1.82, 2.24) is 10.2 Å². The van der Waals surface area contributed by atoms with Crippen molar-refractivity contribution in [3.8, 4) is 11.5 Å². The van der Waals surface area contributed by atoms with Gasteiger partial charge >= 0.3 is 0 Å². The monoisotopic (exact) mass is 538 g/mol. The average Bonchev–Trinajstić information content (AvgIpc) is 2.89. The van der Waals surface area contributed by atoms with Gasteiger partial charge in [-0.25, -0.2) is 0 Å². The van der Waals surface area contributed by atoms with Gasteiger partial charge in [0.05, 0.1) is 7.11 Å². The molecule has 1 unspecified atom stereocenters. The summed E-state index contributed by atoms with van der Waals surface area (Å²) in [6.07, 6.45) is 1.20. The number of methoxy groups -OCH3 is 1. The first-order valence-electron chi connectivity index (χ1n) is 11.6. The quantitative estimate of drug-likeness (QED) is 0.352. The number of ether oxygens (including phenoxy) is 2. The highest BCUT2D eigenvalue weighted by Crippen LogP contribution is 2.26. The number of carbonyl (C=O) groups is 2. The Morgan fingerprint density at radius 2 is 1.57 bits per heavy atom. The number of carbonyl (C=O) groups excluding carboxylic acids is 2. The Morgan fingerprint density at radius 1 is 0.914 bits per heavy atom. The van der Waals surface area contributed by atoms with E-state index < -0.39 is 6.04 Å². The zero-order chi connectivity index (χ0) is 25.0. The van der Waals surface area contributed by atoms with E-state index in [9.17, 15) is 9.59 Å². The lowest BCUT2D eigenvalue weighted by Gasteiger charge is -2.31. The van der Waals surface area contributed by atoms with Gasteiger partial charge in [-0.2, -0.15) is 0 Å². The van der Waals surface area contributed by atoms with E-state index in [0.29, 0.717) is 24.5 Å². The number of nitrogens with zero attached hydrogens (tertiary/aromatic N) is 1. The maximum atomic E-state index is 13.6. The number of para-hydroxylation sites is 2. The summed E-state index contributed by atoms with van der Waals surface area (Å²) in [4.78, 5) is 28.5. The van der Waals surface area contributed by atoms with Crippen LogP contribution in [-0.2, 0) is 22.6 Å². The summed E-state index contributed by atoms with van der Waals surface area (Å²) < 4.78 is 12.1. The van der Waals surface area contributed by atoms with Gasteiger partial charge in [0.25, 0.3) is 5.91 Å². The van der Waals surface area contributed by atoms with Crippen LogP contribution in [0.4, 0.5) is 0 Å². The second kappa shape index (κ2) is 13.5. The number of benzene rings is 3. The molecule has 3 rings (SSSR count). The highest BCUT2D eigenvalue weighted by atomic mass is 79.9. The number of amides is 2. The van der Waals surface area contributed by atoms with Gasteiger partial charge in [-0.15, -0.1) is 0 Å². The third-order valence-electron chi connectivity index (χ3n) is 5.51. The molecular formula is C28H31BrN2O4. The van der Waals surface area contributed by atoms with E-state index in [1.165, 1.54) is 0 Å². The first-order valence-corrected chi connectivity index (χ1v) is 12.4. The van der Waals surface area contributed by atoms with Gasteiger partial charge in [0.2, 0.25) is 5.91 Å². The number of nitrogens with one attached hydrogen (secondary N) is 1. The normalized spacial score (nSPS) is 11.4. The second-order valence-electron chi connectivity index (χ2n) is 8.08. The SMILES string of the molecule is CCCNC(=O)C(Cc1ccccc1)N(Cc1ccc(Br)cc1)C(=O)COc1ccccc1OC. The van der Waals surface area contributed by atoms with Crippen LogP contribution < -0.4 is 14.8 Å². The first kappa shape index (κ1) is 26.3. The fourth-order valence-electron chi connectivity index (χ4n) is 3.67. The summed E-state index contributed by atoms with van der Waals surface area (Å²) in [5, 5.41) is 2.97. The maximum absolute atomic E-state index is 13.6. The van der Waals surface area contributed by atoms with E-state index in [2.05, 4.69) is 21.2 Å². The second-order valence-corrected chi connectivity index (χ2v) is 9.00. The highest BCUT2D eigenvalue weighted by Gasteiger charge is 2.30. The summed E-state index contributed by atoms with van der Waals surface area (Å²) in [5.74, 6) is 0.549. The molecule has 7 heteroatoms. The topological polar surface area (TPSA) is 67.9 Å². The van der Waals surface area contributed by atoms with Gasteiger partial charge in [-0.3, -0.25) is 9.59 Å². The molecule has 0 bridgehead atoms. The molecule has 2 amide bonds. The number of hydrogen-bond acceptors (Lipinski definition) is 4. The lowest BCUT2D eigenvalue weighted by molar-refractivity contribution is -0.142. The van der Waals surface area contributed by atoms with Crippen LogP contribution in [0.25, 0.3) is 0 Å². The van der Waals surface area contributed by atoms with Gasteiger partial charge in [0, 0.05) is 24.0 Å². The van der Waals surface area contributed by atoms with Crippen molar-refractivity contribution in [3.05, 3.63) is 94.5 Å². The molecule has 0 saturated heterocycles. The summed E-state index contributed by atoms with van der Waals surface area (Å²) in [6.45, 7) is 2.60. The Bertz CT molecular complexity index is 1090. The van der Waals surface area contributed by atoms with Gasteiger partial charge in [0.1, 0.15) is 6.04 Å². The van der Waals surface area contributed by atoms with Crippen LogP contribution in [-0.4, -0.2) is 43.0 Å². The average molecular weight is 539 g/mol.